The molecule has 0 aliphatic carbocycles. The molecule has 0 aliphatic heterocycles. The molecule has 1 amide bonds. The molecule has 0 saturated heterocycles. The molecule has 4 nitrogen and oxygen atoms in total. The highest BCUT2D eigenvalue weighted by Crippen LogP contribution is 2.16. The zero-order valence-corrected chi connectivity index (χ0v) is 10.7. The lowest BCUT2D eigenvalue weighted by Crippen LogP contribution is -2.14. The summed E-state index contributed by atoms with van der Waals surface area (Å²) in [5.41, 5.74) is 7.18. The van der Waals surface area contributed by atoms with E-state index in [-0.39, 0.29) is 5.82 Å². The lowest BCUT2D eigenvalue weighted by atomic mass is 10.0. The Hall–Kier alpha value is -1.97. The molecule has 0 atom stereocenters. The predicted octanol–water partition coefficient (Wildman–Crippen LogP) is 2.32. The lowest BCUT2D eigenvalue weighted by molar-refractivity contribution is 0.0991. The molecule has 0 unspecified atom stereocenters. The topological polar surface area (TPSA) is 68.9 Å². The largest absolute Gasteiger partial charge is 0.363 e. The maximum Gasteiger partial charge on any atom is 0.286 e. The SMILES string of the molecule is CC(C)CCc1ccc2nc(C(N)=O)ncc2c1. The number of carbonyl (C=O) groups is 1. The van der Waals surface area contributed by atoms with Gasteiger partial charge in [0.1, 0.15) is 0 Å². The van der Waals surface area contributed by atoms with E-state index >= 15 is 0 Å². The number of nitrogens with zero attached hydrogens (tertiary/aromatic N) is 2. The van der Waals surface area contributed by atoms with Gasteiger partial charge < -0.3 is 5.73 Å². The van der Waals surface area contributed by atoms with E-state index in [0.717, 1.165) is 23.7 Å². The third kappa shape index (κ3) is 2.83. The van der Waals surface area contributed by atoms with Crippen molar-refractivity contribution in [2.75, 3.05) is 0 Å². The molecule has 1 heterocycles. The van der Waals surface area contributed by atoms with Crippen LogP contribution in [0.15, 0.2) is 24.4 Å². The molecule has 0 saturated carbocycles. The Morgan fingerprint density at radius 1 is 1.39 bits per heavy atom. The van der Waals surface area contributed by atoms with E-state index in [2.05, 4.69) is 29.9 Å². The Labute approximate surface area is 106 Å². The van der Waals surface area contributed by atoms with Gasteiger partial charge in [-0.05, 0) is 36.5 Å². The van der Waals surface area contributed by atoms with Gasteiger partial charge in [0, 0.05) is 11.6 Å². The van der Waals surface area contributed by atoms with Crippen molar-refractivity contribution < 1.29 is 4.79 Å². The van der Waals surface area contributed by atoms with Crippen molar-refractivity contribution in [3.05, 3.63) is 35.8 Å². The molecule has 0 aliphatic rings. The second kappa shape index (κ2) is 5.12. The van der Waals surface area contributed by atoms with E-state index in [0.29, 0.717) is 5.92 Å². The number of nitrogens with two attached hydrogens (primary N) is 1. The molecule has 2 rings (SSSR count). The minimum Gasteiger partial charge on any atom is -0.363 e. The number of hydrogen-bond acceptors (Lipinski definition) is 3. The number of carbonyl (C=O) groups excluding carboxylic acids is 1. The first-order valence-corrected chi connectivity index (χ1v) is 6.12. The molecule has 0 fully saturated rings. The Kier molecular flexibility index (Phi) is 3.55. The van der Waals surface area contributed by atoms with Crippen molar-refractivity contribution in [1.82, 2.24) is 9.97 Å². The minimum atomic E-state index is -0.596. The highest BCUT2D eigenvalue weighted by atomic mass is 16.1. The number of aryl methyl sites for hydroxylation is 1. The van der Waals surface area contributed by atoms with Crippen molar-refractivity contribution >= 4 is 16.8 Å². The number of rotatable bonds is 4. The van der Waals surface area contributed by atoms with E-state index in [4.69, 9.17) is 5.73 Å². The zero-order valence-electron chi connectivity index (χ0n) is 10.7. The fraction of sp³-hybridized carbons (Fsp3) is 0.357. The summed E-state index contributed by atoms with van der Waals surface area (Å²) < 4.78 is 0. The number of amides is 1. The Morgan fingerprint density at radius 3 is 2.83 bits per heavy atom. The van der Waals surface area contributed by atoms with Crippen molar-refractivity contribution in [1.29, 1.82) is 0 Å². The van der Waals surface area contributed by atoms with Crippen LogP contribution in [0.2, 0.25) is 0 Å². The van der Waals surface area contributed by atoms with Crippen LogP contribution in [0.4, 0.5) is 0 Å². The average molecular weight is 243 g/mol. The molecular formula is C14H17N3O. The highest BCUT2D eigenvalue weighted by Gasteiger charge is 2.06. The van der Waals surface area contributed by atoms with Gasteiger partial charge in [-0.3, -0.25) is 4.79 Å². The zero-order chi connectivity index (χ0) is 13.1. The van der Waals surface area contributed by atoms with Crippen LogP contribution in [0.1, 0.15) is 36.5 Å². The van der Waals surface area contributed by atoms with Gasteiger partial charge >= 0.3 is 0 Å². The number of benzene rings is 1. The fourth-order valence-corrected chi connectivity index (χ4v) is 1.81. The number of aromatic nitrogens is 2. The van der Waals surface area contributed by atoms with E-state index in [1.54, 1.807) is 6.20 Å². The normalized spacial score (nSPS) is 11.1. The second-order valence-electron chi connectivity index (χ2n) is 4.88. The lowest BCUT2D eigenvalue weighted by Gasteiger charge is -2.06. The molecule has 2 aromatic rings. The molecule has 1 aromatic carbocycles. The van der Waals surface area contributed by atoms with Crippen molar-refractivity contribution in [3.8, 4) is 0 Å². The molecular weight excluding hydrogens is 226 g/mol. The first kappa shape index (κ1) is 12.5. The van der Waals surface area contributed by atoms with Gasteiger partial charge in [0.15, 0.2) is 0 Å². The second-order valence-corrected chi connectivity index (χ2v) is 4.88. The van der Waals surface area contributed by atoms with Crippen molar-refractivity contribution in [2.45, 2.75) is 26.7 Å². The predicted molar refractivity (Wildman–Crippen MR) is 71.2 cm³/mol. The van der Waals surface area contributed by atoms with Crippen molar-refractivity contribution in [3.63, 3.8) is 0 Å². The number of fused-ring (bicyclic) bond motifs is 1. The quantitative estimate of drug-likeness (QED) is 0.895. The number of hydrogen-bond donors (Lipinski definition) is 1. The van der Waals surface area contributed by atoms with Crippen LogP contribution in [0, 0.1) is 5.92 Å². The van der Waals surface area contributed by atoms with Gasteiger partial charge in [-0.15, -0.1) is 0 Å². The summed E-state index contributed by atoms with van der Waals surface area (Å²) in [4.78, 5) is 19.1. The first-order chi connectivity index (χ1) is 8.56. The summed E-state index contributed by atoms with van der Waals surface area (Å²) in [7, 11) is 0. The van der Waals surface area contributed by atoms with Crippen LogP contribution >= 0.6 is 0 Å². The molecule has 4 heteroatoms. The Bertz CT molecular complexity index is 578. The van der Waals surface area contributed by atoms with Gasteiger partial charge in [-0.2, -0.15) is 0 Å². The molecule has 0 bridgehead atoms. The van der Waals surface area contributed by atoms with E-state index < -0.39 is 5.91 Å². The highest BCUT2D eigenvalue weighted by molar-refractivity contribution is 5.91. The standard InChI is InChI=1S/C14H17N3O/c1-9(2)3-4-10-5-6-12-11(7-10)8-16-14(17-12)13(15)18/h5-9H,3-4H2,1-2H3,(H2,15,18). The van der Waals surface area contributed by atoms with Crippen LogP contribution in [-0.4, -0.2) is 15.9 Å². The summed E-state index contributed by atoms with van der Waals surface area (Å²) >= 11 is 0. The van der Waals surface area contributed by atoms with Gasteiger partial charge in [0.05, 0.1) is 5.52 Å². The molecule has 94 valence electrons. The molecule has 18 heavy (non-hydrogen) atoms. The minimum absolute atomic E-state index is 0.0671. The number of primary amides is 1. The molecule has 2 N–H and O–H groups in total. The van der Waals surface area contributed by atoms with E-state index in [9.17, 15) is 4.79 Å². The van der Waals surface area contributed by atoms with Gasteiger partial charge in [-0.1, -0.05) is 19.9 Å². The Balaban J connectivity index is 2.29. The third-order valence-corrected chi connectivity index (χ3v) is 2.87. The van der Waals surface area contributed by atoms with Gasteiger partial charge in [-0.25, -0.2) is 9.97 Å². The summed E-state index contributed by atoms with van der Waals surface area (Å²) in [6, 6.07) is 6.03. The van der Waals surface area contributed by atoms with Crippen LogP contribution in [0.25, 0.3) is 10.9 Å². The Morgan fingerprint density at radius 2 is 2.17 bits per heavy atom. The fourth-order valence-electron chi connectivity index (χ4n) is 1.81. The van der Waals surface area contributed by atoms with Crippen LogP contribution < -0.4 is 5.73 Å². The maximum absolute atomic E-state index is 11.0. The smallest absolute Gasteiger partial charge is 0.286 e. The van der Waals surface area contributed by atoms with Crippen LogP contribution in [-0.2, 0) is 6.42 Å². The van der Waals surface area contributed by atoms with E-state index in [1.165, 1.54) is 5.56 Å². The third-order valence-electron chi connectivity index (χ3n) is 2.87. The summed E-state index contributed by atoms with van der Waals surface area (Å²) in [5.74, 6) is 0.160. The van der Waals surface area contributed by atoms with Crippen LogP contribution in [0.5, 0.6) is 0 Å². The van der Waals surface area contributed by atoms with Gasteiger partial charge in [0.2, 0.25) is 5.82 Å². The molecule has 0 radical (unpaired) electrons. The average Bonchev–Trinajstić information content (AvgIpc) is 2.35. The maximum atomic E-state index is 11.0. The summed E-state index contributed by atoms with van der Waals surface area (Å²) in [5, 5.41) is 0.946. The van der Waals surface area contributed by atoms with E-state index in [1.807, 2.05) is 12.1 Å². The monoisotopic (exact) mass is 243 g/mol. The molecule has 1 aromatic heterocycles. The van der Waals surface area contributed by atoms with Crippen molar-refractivity contribution in [2.24, 2.45) is 11.7 Å². The molecule has 0 spiro atoms. The van der Waals surface area contributed by atoms with Crippen LogP contribution in [0.3, 0.4) is 0 Å². The van der Waals surface area contributed by atoms with Gasteiger partial charge in [0.25, 0.3) is 5.91 Å². The first-order valence-electron chi connectivity index (χ1n) is 6.12. The summed E-state index contributed by atoms with van der Waals surface area (Å²) in [6.07, 6.45) is 3.86. The summed E-state index contributed by atoms with van der Waals surface area (Å²) in [6.45, 7) is 4.42.